The number of nitrogens with zero attached hydrogens (tertiary/aromatic N) is 5. The molecule has 1 fully saturated rings. The van der Waals surface area contributed by atoms with Crippen molar-refractivity contribution in [2.45, 2.75) is 6.54 Å². The largest absolute Gasteiger partial charge is 0.368 e. The van der Waals surface area contributed by atoms with Crippen molar-refractivity contribution in [3.8, 4) is 0 Å². The van der Waals surface area contributed by atoms with Gasteiger partial charge < -0.3 is 15.1 Å². The summed E-state index contributed by atoms with van der Waals surface area (Å²) in [5.74, 6) is 1.32. The van der Waals surface area contributed by atoms with E-state index < -0.39 is 0 Å². The van der Waals surface area contributed by atoms with Crippen LogP contribution in [0.5, 0.6) is 0 Å². The van der Waals surface area contributed by atoms with Gasteiger partial charge in [0.05, 0.1) is 0 Å². The number of hydrogen-bond acceptors (Lipinski definition) is 6. The second-order valence-corrected chi connectivity index (χ2v) is 6.40. The van der Waals surface area contributed by atoms with Crippen LogP contribution >= 0.6 is 0 Å². The molecule has 3 aromatic rings. The quantitative estimate of drug-likeness (QED) is 0.751. The second kappa shape index (κ2) is 7.99. The third kappa shape index (κ3) is 4.31. The van der Waals surface area contributed by atoms with Crippen LogP contribution in [0.15, 0.2) is 61.1 Å². The zero-order chi connectivity index (χ0) is 18.5. The maximum Gasteiger partial charge on any atom is 0.224 e. The first-order valence-corrected chi connectivity index (χ1v) is 8.99. The number of hydrogen-bond donors (Lipinski definition) is 1. The lowest BCUT2D eigenvalue weighted by Gasteiger charge is -2.36. The summed E-state index contributed by atoms with van der Waals surface area (Å²) >= 11 is 0. The molecule has 0 saturated carbocycles. The summed E-state index contributed by atoms with van der Waals surface area (Å²) in [6.07, 6.45) is 5.36. The Labute approximate surface area is 157 Å². The fraction of sp³-hybridized carbons (Fsp3) is 0.250. The molecule has 138 valence electrons. The lowest BCUT2D eigenvalue weighted by Crippen LogP contribution is -2.46. The van der Waals surface area contributed by atoms with Gasteiger partial charge >= 0.3 is 0 Å². The molecule has 1 aliphatic rings. The van der Waals surface area contributed by atoms with E-state index in [0.29, 0.717) is 12.5 Å². The maximum atomic E-state index is 13.1. The van der Waals surface area contributed by atoms with Crippen molar-refractivity contribution in [3.63, 3.8) is 0 Å². The molecule has 0 atom stereocenters. The van der Waals surface area contributed by atoms with E-state index in [1.807, 2.05) is 36.5 Å². The third-order valence-corrected chi connectivity index (χ3v) is 4.61. The molecule has 3 heterocycles. The van der Waals surface area contributed by atoms with Crippen molar-refractivity contribution in [2.24, 2.45) is 0 Å². The average molecular weight is 364 g/mol. The Morgan fingerprint density at radius 3 is 2.44 bits per heavy atom. The number of rotatable bonds is 5. The summed E-state index contributed by atoms with van der Waals surface area (Å²) in [7, 11) is 0. The summed E-state index contributed by atoms with van der Waals surface area (Å²) in [5, 5.41) is 3.25. The van der Waals surface area contributed by atoms with Crippen LogP contribution in [0.2, 0.25) is 0 Å². The van der Waals surface area contributed by atoms with Crippen LogP contribution in [0, 0.1) is 5.82 Å². The van der Waals surface area contributed by atoms with Gasteiger partial charge in [0.25, 0.3) is 0 Å². The van der Waals surface area contributed by atoms with Gasteiger partial charge in [0.1, 0.15) is 11.6 Å². The zero-order valence-electron chi connectivity index (χ0n) is 14.9. The Balaban J connectivity index is 1.36. The Morgan fingerprint density at radius 2 is 1.70 bits per heavy atom. The number of halogens is 1. The summed E-state index contributed by atoms with van der Waals surface area (Å²) in [6, 6.07) is 12.5. The van der Waals surface area contributed by atoms with Gasteiger partial charge in [-0.05, 0) is 42.0 Å². The van der Waals surface area contributed by atoms with Crippen LogP contribution < -0.4 is 15.1 Å². The topological polar surface area (TPSA) is 57.2 Å². The van der Waals surface area contributed by atoms with Crippen molar-refractivity contribution in [1.82, 2.24) is 15.0 Å². The highest BCUT2D eigenvalue weighted by molar-refractivity contribution is 5.50. The number of piperazine rings is 1. The molecule has 0 aliphatic carbocycles. The van der Waals surface area contributed by atoms with Crippen LogP contribution in [0.4, 0.5) is 21.8 Å². The second-order valence-electron chi connectivity index (χ2n) is 6.40. The minimum absolute atomic E-state index is 0.204. The van der Waals surface area contributed by atoms with Gasteiger partial charge in [-0.3, -0.25) is 4.98 Å². The highest BCUT2D eigenvalue weighted by atomic mass is 19.1. The summed E-state index contributed by atoms with van der Waals surface area (Å²) < 4.78 is 13.1. The van der Waals surface area contributed by atoms with Gasteiger partial charge in [-0.2, -0.15) is 4.98 Å². The van der Waals surface area contributed by atoms with Crippen molar-refractivity contribution < 1.29 is 4.39 Å². The van der Waals surface area contributed by atoms with Crippen LogP contribution in [0.25, 0.3) is 0 Å². The minimum Gasteiger partial charge on any atom is -0.368 e. The summed E-state index contributed by atoms with van der Waals surface area (Å²) in [5.41, 5.74) is 2.14. The van der Waals surface area contributed by atoms with Gasteiger partial charge in [-0.25, -0.2) is 9.37 Å². The fourth-order valence-electron chi connectivity index (χ4n) is 3.14. The molecule has 0 unspecified atom stereocenters. The van der Waals surface area contributed by atoms with Crippen molar-refractivity contribution in [2.75, 3.05) is 41.3 Å². The average Bonchev–Trinajstić information content (AvgIpc) is 2.74. The normalized spacial score (nSPS) is 14.3. The molecule has 0 bridgehead atoms. The van der Waals surface area contributed by atoms with E-state index >= 15 is 0 Å². The highest BCUT2D eigenvalue weighted by Crippen LogP contribution is 2.20. The molecule has 6 nitrogen and oxygen atoms in total. The van der Waals surface area contributed by atoms with Gasteiger partial charge in [0, 0.05) is 57.0 Å². The first kappa shape index (κ1) is 17.2. The van der Waals surface area contributed by atoms with Crippen molar-refractivity contribution >= 4 is 17.5 Å². The predicted molar refractivity (Wildman–Crippen MR) is 104 cm³/mol. The molecule has 0 spiro atoms. The van der Waals surface area contributed by atoms with Gasteiger partial charge in [0.15, 0.2) is 0 Å². The van der Waals surface area contributed by atoms with Crippen LogP contribution in [-0.2, 0) is 6.54 Å². The Bertz CT molecular complexity index is 863. The molecule has 4 rings (SSSR count). The molecule has 0 radical (unpaired) electrons. The van der Waals surface area contributed by atoms with Gasteiger partial charge in [-0.15, -0.1) is 0 Å². The molecule has 0 amide bonds. The number of aromatic nitrogens is 3. The molecule has 1 aromatic carbocycles. The SMILES string of the molecule is Fc1ccc(N2CCN(c3ccnc(NCc4cccnc4)n3)CC2)cc1. The van der Waals surface area contributed by atoms with Crippen LogP contribution in [0.1, 0.15) is 5.56 Å². The lowest BCUT2D eigenvalue weighted by molar-refractivity contribution is 0.624. The Morgan fingerprint density at radius 1 is 0.926 bits per heavy atom. The molecule has 1 aliphatic heterocycles. The highest BCUT2D eigenvalue weighted by Gasteiger charge is 2.18. The van der Waals surface area contributed by atoms with E-state index in [1.165, 1.54) is 12.1 Å². The number of pyridine rings is 1. The van der Waals surface area contributed by atoms with E-state index in [-0.39, 0.29) is 5.82 Å². The summed E-state index contributed by atoms with van der Waals surface area (Å²) in [6.45, 7) is 4.09. The third-order valence-electron chi connectivity index (χ3n) is 4.61. The number of benzene rings is 1. The molecule has 2 aromatic heterocycles. The lowest BCUT2D eigenvalue weighted by atomic mass is 10.2. The first-order valence-electron chi connectivity index (χ1n) is 8.99. The monoisotopic (exact) mass is 364 g/mol. The van der Waals surface area contributed by atoms with Crippen molar-refractivity contribution in [3.05, 3.63) is 72.4 Å². The number of anilines is 3. The van der Waals surface area contributed by atoms with Crippen molar-refractivity contribution in [1.29, 1.82) is 0 Å². The molecular formula is C20H21FN6. The van der Waals surface area contributed by atoms with Gasteiger partial charge in [-0.1, -0.05) is 6.07 Å². The molecular weight excluding hydrogens is 343 g/mol. The van der Waals surface area contributed by atoms with Gasteiger partial charge in [0.2, 0.25) is 5.95 Å². The Hall–Kier alpha value is -3.22. The number of nitrogens with one attached hydrogen (secondary N) is 1. The van der Waals surface area contributed by atoms with Crippen LogP contribution in [0.3, 0.4) is 0 Å². The zero-order valence-corrected chi connectivity index (χ0v) is 14.9. The maximum absolute atomic E-state index is 13.1. The summed E-state index contributed by atoms with van der Waals surface area (Å²) in [4.78, 5) is 17.6. The molecule has 27 heavy (non-hydrogen) atoms. The molecule has 1 N–H and O–H groups in total. The predicted octanol–water partition coefficient (Wildman–Crippen LogP) is 2.95. The van der Waals surface area contributed by atoms with E-state index in [9.17, 15) is 4.39 Å². The standard InChI is InChI=1S/C20H21FN6/c21-17-3-5-18(6-4-17)26-10-12-27(13-11-26)19-7-9-23-20(25-19)24-15-16-2-1-8-22-14-16/h1-9,14H,10-13,15H2,(H,23,24,25). The Kier molecular flexibility index (Phi) is 5.09. The van der Waals surface area contributed by atoms with E-state index in [0.717, 1.165) is 43.2 Å². The van der Waals surface area contributed by atoms with Crippen LogP contribution in [-0.4, -0.2) is 41.1 Å². The fourth-order valence-corrected chi connectivity index (χ4v) is 3.14. The molecule has 1 saturated heterocycles. The first-order chi connectivity index (χ1) is 13.3. The molecule has 7 heteroatoms. The van der Waals surface area contributed by atoms with E-state index in [2.05, 4.69) is 30.1 Å². The van der Waals surface area contributed by atoms with E-state index in [1.54, 1.807) is 12.4 Å². The smallest absolute Gasteiger partial charge is 0.224 e. The minimum atomic E-state index is -0.204. The van der Waals surface area contributed by atoms with E-state index in [4.69, 9.17) is 0 Å².